The van der Waals surface area contributed by atoms with Crippen LogP contribution in [0.3, 0.4) is 0 Å². The second kappa shape index (κ2) is 3.51. The first-order valence-corrected chi connectivity index (χ1v) is 4.77. The van der Waals surface area contributed by atoms with E-state index >= 15 is 0 Å². The summed E-state index contributed by atoms with van der Waals surface area (Å²) in [4.78, 5) is 0. The predicted molar refractivity (Wildman–Crippen MR) is 55.8 cm³/mol. The van der Waals surface area contributed by atoms with Gasteiger partial charge in [0.25, 0.3) is 0 Å². The Bertz CT molecular complexity index is 280. The number of benzene rings is 1. The molecule has 0 unspecified atom stereocenters. The van der Waals surface area contributed by atoms with Crippen molar-refractivity contribution in [2.75, 3.05) is 0 Å². The van der Waals surface area contributed by atoms with Gasteiger partial charge in [-0.15, -0.1) is 0 Å². The molecule has 72 valence electrons. The third-order valence-corrected chi connectivity index (χ3v) is 2.53. The van der Waals surface area contributed by atoms with E-state index in [2.05, 4.69) is 32.0 Å². The first-order valence-electron chi connectivity index (χ1n) is 4.77. The monoisotopic (exact) mass is 178 g/mol. The molecule has 1 heteroatoms. The van der Waals surface area contributed by atoms with E-state index in [9.17, 15) is 5.11 Å². The van der Waals surface area contributed by atoms with E-state index in [0.717, 1.165) is 12.0 Å². The fourth-order valence-corrected chi connectivity index (χ4v) is 1.49. The first-order chi connectivity index (χ1) is 5.95. The molecule has 13 heavy (non-hydrogen) atoms. The fraction of sp³-hybridized carbons (Fsp3) is 0.500. The molecule has 1 aromatic rings. The van der Waals surface area contributed by atoms with Gasteiger partial charge >= 0.3 is 0 Å². The highest BCUT2D eigenvalue weighted by molar-refractivity contribution is 5.31. The number of hydrogen-bond acceptors (Lipinski definition) is 1. The summed E-state index contributed by atoms with van der Waals surface area (Å²) in [6.07, 6.45) is 0.746. The van der Waals surface area contributed by atoms with E-state index < -0.39 is 5.60 Å². The summed E-state index contributed by atoms with van der Waals surface area (Å²) in [6.45, 7) is 7.98. The zero-order valence-electron chi connectivity index (χ0n) is 8.89. The van der Waals surface area contributed by atoms with Gasteiger partial charge in [0.1, 0.15) is 0 Å². The van der Waals surface area contributed by atoms with Gasteiger partial charge in [-0.25, -0.2) is 0 Å². The van der Waals surface area contributed by atoms with Gasteiger partial charge < -0.3 is 5.11 Å². The molecule has 0 aliphatic heterocycles. The van der Waals surface area contributed by atoms with Gasteiger partial charge in [0.2, 0.25) is 0 Å². The molecule has 0 fully saturated rings. The third-order valence-electron chi connectivity index (χ3n) is 2.53. The minimum Gasteiger partial charge on any atom is -0.385 e. The van der Waals surface area contributed by atoms with Crippen molar-refractivity contribution in [3.8, 4) is 0 Å². The fourth-order valence-electron chi connectivity index (χ4n) is 1.49. The molecule has 0 spiro atoms. The average molecular weight is 178 g/mol. The normalized spacial score (nSPS) is 15.5. The van der Waals surface area contributed by atoms with Crippen molar-refractivity contribution in [1.82, 2.24) is 0 Å². The molecule has 1 rings (SSSR count). The van der Waals surface area contributed by atoms with E-state index in [1.54, 1.807) is 0 Å². The topological polar surface area (TPSA) is 20.2 Å². The molecule has 0 heterocycles. The number of rotatable bonds is 2. The summed E-state index contributed by atoms with van der Waals surface area (Å²) < 4.78 is 0. The highest BCUT2D eigenvalue weighted by Gasteiger charge is 2.20. The number of hydrogen-bond donors (Lipinski definition) is 1. The third kappa shape index (κ3) is 2.31. The maximum atomic E-state index is 10.0. The summed E-state index contributed by atoms with van der Waals surface area (Å²) in [6, 6.07) is 6.22. The van der Waals surface area contributed by atoms with Crippen molar-refractivity contribution in [3.63, 3.8) is 0 Å². The van der Waals surface area contributed by atoms with Crippen LogP contribution in [0.15, 0.2) is 18.2 Å². The van der Waals surface area contributed by atoms with Gasteiger partial charge in [-0.1, -0.05) is 36.2 Å². The summed E-state index contributed by atoms with van der Waals surface area (Å²) in [7, 11) is 0. The lowest BCUT2D eigenvalue weighted by Gasteiger charge is -2.22. The smallest absolute Gasteiger partial charge is 0.0866 e. The molecule has 1 N–H and O–H groups in total. The molecule has 0 radical (unpaired) electrons. The van der Waals surface area contributed by atoms with Crippen LogP contribution in [0, 0.1) is 13.8 Å². The van der Waals surface area contributed by atoms with Crippen LogP contribution in [0.2, 0.25) is 0 Å². The zero-order chi connectivity index (χ0) is 10.1. The van der Waals surface area contributed by atoms with Crippen molar-refractivity contribution in [1.29, 1.82) is 0 Å². The molecule has 0 saturated carbocycles. The standard InChI is InChI=1S/C12H18O/c1-5-12(4,13)11-7-9(2)6-10(3)8-11/h6-8,13H,5H2,1-4H3/t12-/m1/s1. The van der Waals surface area contributed by atoms with Crippen LogP contribution in [0.25, 0.3) is 0 Å². The first kappa shape index (κ1) is 10.3. The van der Waals surface area contributed by atoms with Crippen LogP contribution < -0.4 is 0 Å². The predicted octanol–water partition coefficient (Wildman–Crippen LogP) is 2.92. The molecule has 0 aliphatic carbocycles. The Morgan fingerprint density at radius 3 is 2.00 bits per heavy atom. The zero-order valence-corrected chi connectivity index (χ0v) is 8.89. The second-order valence-electron chi connectivity index (χ2n) is 4.00. The summed E-state index contributed by atoms with van der Waals surface area (Å²) >= 11 is 0. The Morgan fingerprint density at radius 2 is 1.62 bits per heavy atom. The number of aryl methyl sites for hydroxylation is 2. The van der Waals surface area contributed by atoms with Crippen molar-refractivity contribution in [2.45, 2.75) is 39.7 Å². The van der Waals surface area contributed by atoms with Gasteiger partial charge in [0.05, 0.1) is 5.60 Å². The molecule has 1 nitrogen and oxygen atoms in total. The van der Waals surface area contributed by atoms with Gasteiger partial charge in [0, 0.05) is 0 Å². The second-order valence-corrected chi connectivity index (χ2v) is 4.00. The van der Waals surface area contributed by atoms with E-state index in [0.29, 0.717) is 0 Å². The van der Waals surface area contributed by atoms with Gasteiger partial charge in [-0.3, -0.25) is 0 Å². The minimum atomic E-state index is -0.684. The minimum absolute atomic E-state index is 0.684. The summed E-state index contributed by atoms with van der Waals surface area (Å²) in [5.41, 5.74) is 2.76. The van der Waals surface area contributed by atoms with Crippen LogP contribution in [-0.2, 0) is 5.60 Å². The van der Waals surface area contributed by atoms with Gasteiger partial charge in [-0.05, 0) is 32.8 Å². The maximum Gasteiger partial charge on any atom is 0.0866 e. The molecular weight excluding hydrogens is 160 g/mol. The average Bonchev–Trinajstić information content (AvgIpc) is 2.02. The van der Waals surface area contributed by atoms with Crippen LogP contribution >= 0.6 is 0 Å². The maximum absolute atomic E-state index is 10.0. The SMILES string of the molecule is CC[C@@](C)(O)c1cc(C)cc(C)c1. The van der Waals surface area contributed by atoms with Crippen molar-refractivity contribution >= 4 is 0 Å². The van der Waals surface area contributed by atoms with Crippen LogP contribution in [0.5, 0.6) is 0 Å². The Labute approximate surface area is 80.4 Å². The van der Waals surface area contributed by atoms with Crippen LogP contribution in [0.4, 0.5) is 0 Å². The van der Waals surface area contributed by atoms with E-state index in [1.807, 2.05) is 13.8 Å². The highest BCUT2D eigenvalue weighted by Crippen LogP contribution is 2.25. The molecule has 0 saturated heterocycles. The molecule has 0 aliphatic rings. The lowest BCUT2D eigenvalue weighted by molar-refractivity contribution is 0.0530. The van der Waals surface area contributed by atoms with E-state index in [4.69, 9.17) is 0 Å². The van der Waals surface area contributed by atoms with Crippen molar-refractivity contribution in [2.24, 2.45) is 0 Å². The Kier molecular flexibility index (Phi) is 2.77. The number of aliphatic hydroxyl groups is 1. The molecular formula is C12H18O. The van der Waals surface area contributed by atoms with E-state index in [1.165, 1.54) is 11.1 Å². The Balaban J connectivity index is 3.15. The largest absolute Gasteiger partial charge is 0.385 e. The Hall–Kier alpha value is -0.820. The lowest BCUT2D eigenvalue weighted by Crippen LogP contribution is -2.19. The quantitative estimate of drug-likeness (QED) is 0.738. The molecule has 1 aromatic carbocycles. The van der Waals surface area contributed by atoms with E-state index in [-0.39, 0.29) is 0 Å². The van der Waals surface area contributed by atoms with Gasteiger partial charge in [-0.2, -0.15) is 0 Å². The van der Waals surface area contributed by atoms with Crippen molar-refractivity contribution < 1.29 is 5.11 Å². The Morgan fingerprint density at radius 1 is 1.15 bits per heavy atom. The molecule has 1 atom stereocenters. The molecule has 0 amide bonds. The molecule has 0 bridgehead atoms. The van der Waals surface area contributed by atoms with Crippen LogP contribution in [0.1, 0.15) is 37.0 Å². The van der Waals surface area contributed by atoms with Crippen molar-refractivity contribution in [3.05, 3.63) is 34.9 Å². The van der Waals surface area contributed by atoms with Crippen LogP contribution in [-0.4, -0.2) is 5.11 Å². The molecule has 0 aromatic heterocycles. The van der Waals surface area contributed by atoms with Gasteiger partial charge in [0.15, 0.2) is 0 Å². The summed E-state index contributed by atoms with van der Waals surface area (Å²) in [5, 5.41) is 10.0. The summed E-state index contributed by atoms with van der Waals surface area (Å²) in [5.74, 6) is 0. The highest BCUT2D eigenvalue weighted by atomic mass is 16.3. The lowest BCUT2D eigenvalue weighted by atomic mass is 9.91.